The molecule has 0 saturated heterocycles. The van der Waals surface area contributed by atoms with Crippen molar-refractivity contribution in [2.45, 2.75) is 31.9 Å². The summed E-state index contributed by atoms with van der Waals surface area (Å²) < 4.78 is 5.21. The number of hydrogen-bond acceptors (Lipinski definition) is 3. The smallest absolute Gasteiger partial charge is 0.0664 e. The summed E-state index contributed by atoms with van der Waals surface area (Å²) in [5.74, 6) is 0. The van der Waals surface area contributed by atoms with Crippen molar-refractivity contribution in [2.24, 2.45) is 0 Å². The molecule has 0 aromatic heterocycles. The van der Waals surface area contributed by atoms with Gasteiger partial charge in [-0.1, -0.05) is 43.7 Å². The third kappa shape index (κ3) is 5.31. The molecule has 0 amide bonds. The maximum Gasteiger partial charge on any atom is 0.0664 e. The second-order valence-corrected chi connectivity index (χ2v) is 4.27. The van der Waals surface area contributed by atoms with Crippen molar-refractivity contribution >= 4 is 0 Å². The molecule has 1 rings (SSSR count). The van der Waals surface area contributed by atoms with Gasteiger partial charge >= 0.3 is 0 Å². The van der Waals surface area contributed by atoms with Gasteiger partial charge in [0.25, 0.3) is 0 Å². The normalized spacial score (nSPS) is 14.5. The van der Waals surface area contributed by atoms with Crippen LogP contribution in [0.15, 0.2) is 30.3 Å². The van der Waals surface area contributed by atoms with Crippen LogP contribution in [0.25, 0.3) is 0 Å². The molecule has 0 heterocycles. The topological polar surface area (TPSA) is 41.5 Å². The number of ether oxygens (including phenoxy) is 1. The standard InChI is InChI=1S/C14H23NO2/c1-3-7-13(16)10-15-14(11-17-2)12-8-5-4-6-9-12/h4-6,8-9,13-16H,3,7,10-11H2,1-2H3. The summed E-state index contributed by atoms with van der Waals surface area (Å²) in [5, 5.41) is 13.1. The van der Waals surface area contributed by atoms with Gasteiger partial charge < -0.3 is 15.2 Å². The molecule has 0 spiro atoms. The van der Waals surface area contributed by atoms with Crippen LogP contribution in [-0.4, -0.2) is 31.5 Å². The van der Waals surface area contributed by atoms with E-state index in [1.54, 1.807) is 7.11 Å². The van der Waals surface area contributed by atoms with Gasteiger partial charge in [0.1, 0.15) is 0 Å². The molecule has 0 bridgehead atoms. The first-order valence-corrected chi connectivity index (χ1v) is 6.23. The third-order valence-corrected chi connectivity index (χ3v) is 2.76. The number of methoxy groups -OCH3 is 1. The molecule has 0 aliphatic heterocycles. The quantitative estimate of drug-likeness (QED) is 0.727. The van der Waals surface area contributed by atoms with Gasteiger partial charge in [-0.2, -0.15) is 0 Å². The maximum atomic E-state index is 9.71. The van der Waals surface area contributed by atoms with Crippen molar-refractivity contribution in [3.63, 3.8) is 0 Å². The van der Waals surface area contributed by atoms with Gasteiger partial charge in [0.15, 0.2) is 0 Å². The second kappa shape index (κ2) is 8.23. The van der Waals surface area contributed by atoms with Crippen molar-refractivity contribution in [2.75, 3.05) is 20.3 Å². The Morgan fingerprint density at radius 3 is 2.59 bits per heavy atom. The minimum absolute atomic E-state index is 0.146. The molecule has 1 aromatic carbocycles. The van der Waals surface area contributed by atoms with E-state index in [0.717, 1.165) is 12.8 Å². The molecule has 2 N–H and O–H groups in total. The highest BCUT2D eigenvalue weighted by atomic mass is 16.5. The molecule has 1 aromatic rings. The average molecular weight is 237 g/mol. The maximum absolute atomic E-state index is 9.71. The number of aliphatic hydroxyl groups is 1. The zero-order valence-corrected chi connectivity index (χ0v) is 10.7. The lowest BCUT2D eigenvalue weighted by Gasteiger charge is -2.20. The van der Waals surface area contributed by atoms with Crippen LogP contribution in [0.5, 0.6) is 0 Å². The first kappa shape index (κ1) is 14.2. The number of benzene rings is 1. The van der Waals surface area contributed by atoms with Gasteiger partial charge in [-0.25, -0.2) is 0 Å². The zero-order chi connectivity index (χ0) is 12.5. The fraction of sp³-hybridized carbons (Fsp3) is 0.571. The lowest BCUT2D eigenvalue weighted by molar-refractivity contribution is 0.133. The van der Waals surface area contributed by atoms with E-state index in [-0.39, 0.29) is 12.1 Å². The lowest BCUT2D eigenvalue weighted by Crippen LogP contribution is -2.32. The summed E-state index contributed by atoms with van der Waals surface area (Å²) in [6.45, 7) is 3.30. The largest absolute Gasteiger partial charge is 0.392 e. The van der Waals surface area contributed by atoms with Crippen molar-refractivity contribution in [3.05, 3.63) is 35.9 Å². The zero-order valence-electron chi connectivity index (χ0n) is 10.7. The number of hydrogen-bond donors (Lipinski definition) is 2. The molecule has 96 valence electrons. The van der Waals surface area contributed by atoms with E-state index in [1.807, 2.05) is 18.2 Å². The Hall–Kier alpha value is -0.900. The van der Waals surface area contributed by atoms with Crippen molar-refractivity contribution in [1.82, 2.24) is 5.32 Å². The van der Waals surface area contributed by atoms with Crippen LogP contribution in [0.1, 0.15) is 31.4 Å². The van der Waals surface area contributed by atoms with Gasteiger partial charge in [0.05, 0.1) is 18.8 Å². The molecule has 0 fully saturated rings. The molecule has 0 saturated carbocycles. The summed E-state index contributed by atoms with van der Waals surface area (Å²) in [7, 11) is 1.69. The van der Waals surface area contributed by atoms with Gasteiger partial charge in [0, 0.05) is 13.7 Å². The number of rotatable bonds is 8. The SMILES string of the molecule is CCCC(O)CNC(COC)c1ccccc1. The van der Waals surface area contributed by atoms with E-state index >= 15 is 0 Å². The number of nitrogens with one attached hydrogen (secondary N) is 1. The highest BCUT2D eigenvalue weighted by molar-refractivity contribution is 5.18. The van der Waals surface area contributed by atoms with E-state index in [4.69, 9.17) is 4.74 Å². The van der Waals surface area contributed by atoms with E-state index < -0.39 is 0 Å². The highest BCUT2D eigenvalue weighted by Gasteiger charge is 2.12. The summed E-state index contributed by atoms with van der Waals surface area (Å²) in [6, 6.07) is 10.3. The van der Waals surface area contributed by atoms with Gasteiger partial charge in [0.2, 0.25) is 0 Å². The fourth-order valence-electron chi connectivity index (χ4n) is 1.84. The number of aliphatic hydroxyl groups excluding tert-OH is 1. The Balaban J connectivity index is 2.49. The Bertz CT molecular complexity index is 290. The predicted molar refractivity (Wildman–Crippen MR) is 70.0 cm³/mol. The van der Waals surface area contributed by atoms with Gasteiger partial charge in [-0.15, -0.1) is 0 Å². The molecule has 0 radical (unpaired) electrons. The monoisotopic (exact) mass is 237 g/mol. The van der Waals surface area contributed by atoms with Crippen LogP contribution in [0.3, 0.4) is 0 Å². The fourth-order valence-corrected chi connectivity index (χ4v) is 1.84. The highest BCUT2D eigenvalue weighted by Crippen LogP contribution is 2.12. The molecule has 0 aliphatic rings. The predicted octanol–water partition coefficient (Wildman–Crippen LogP) is 2.12. The second-order valence-electron chi connectivity index (χ2n) is 4.27. The van der Waals surface area contributed by atoms with E-state index in [1.165, 1.54) is 5.56 Å². The van der Waals surface area contributed by atoms with Crippen LogP contribution in [0.4, 0.5) is 0 Å². The minimum Gasteiger partial charge on any atom is -0.392 e. The summed E-state index contributed by atoms with van der Waals surface area (Å²) in [6.07, 6.45) is 1.56. The summed E-state index contributed by atoms with van der Waals surface area (Å²) >= 11 is 0. The van der Waals surface area contributed by atoms with Gasteiger partial charge in [-0.3, -0.25) is 0 Å². The molecule has 0 aliphatic carbocycles. The molecule has 3 nitrogen and oxygen atoms in total. The van der Waals surface area contributed by atoms with Crippen LogP contribution >= 0.6 is 0 Å². The molecular formula is C14H23NO2. The Morgan fingerprint density at radius 1 is 1.29 bits per heavy atom. The van der Waals surface area contributed by atoms with E-state index in [9.17, 15) is 5.11 Å². The lowest BCUT2D eigenvalue weighted by atomic mass is 10.1. The summed E-state index contributed by atoms with van der Waals surface area (Å²) in [4.78, 5) is 0. The first-order valence-electron chi connectivity index (χ1n) is 6.23. The Labute approximate surface area is 104 Å². The summed E-state index contributed by atoms with van der Waals surface area (Å²) in [5.41, 5.74) is 1.19. The first-order chi connectivity index (χ1) is 8.27. The van der Waals surface area contributed by atoms with Crippen LogP contribution in [0.2, 0.25) is 0 Å². The molecule has 3 heteroatoms. The molecule has 2 unspecified atom stereocenters. The van der Waals surface area contributed by atoms with Crippen molar-refractivity contribution < 1.29 is 9.84 Å². The average Bonchev–Trinajstić information content (AvgIpc) is 2.36. The van der Waals surface area contributed by atoms with Crippen molar-refractivity contribution in [3.8, 4) is 0 Å². The van der Waals surface area contributed by atoms with E-state index in [2.05, 4.69) is 24.4 Å². The van der Waals surface area contributed by atoms with Crippen LogP contribution < -0.4 is 5.32 Å². The third-order valence-electron chi connectivity index (χ3n) is 2.76. The molecule has 17 heavy (non-hydrogen) atoms. The molecule has 2 atom stereocenters. The Morgan fingerprint density at radius 2 is 2.00 bits per heavy atom. The van der Waals surface area contributed by atoms with E-state index in [0.29, 0.717) is 13.2 Å². The Kier molecular flexibility index (Phi) is 6.86. The van der Waals surface area contributed by atoms with Crippen LogP contribution in [-0.2, 0) is 4.74 Å². The van der Waals surface area contributed by atoms with Gasteiger partial charge in [-0.05, 0) is 12.0 Å². The van der Waals surface area contributed by atoms with Crippen LogP contribution in [0, 0.1) is 0 Å². The molecular weight excluding hydrogens is 214 g/mol. The minimum atomic E-state index is -0.275. The van der Waals surface area contributed by atoms with Crippen molar-refractivity contribution in [1.29, 1.82) is 0 Å².